The molecule has 1 aromatic heterocycles. The number of carbonyl (C=O) groups excluding carboxylic acids is 3. The molecule has 4 rings (SSSR count). The summed E-state index contributed by atoms with van der Waals surface area (Å²) >= 11 is 1.30. The summed E-state index contributed by atoms with van der Waals surface area (Å²) in [6, 6.07) is 15.0. The minimum atomic E-state index is -0.976. The lowest BCUT2D eigenvalue weighted by Crippen LogP contribution is -2.41. The molecule has 2 amide bonds. The number of aromatic nitrogens is 1. The van der Waals surface area contributed by atoms with Crippen molar-refractivity contribution in [3.63, 3.8) is 0 Å². The molecule has 1 unspecified atom stereocenters. The van der Waals surface area contributed by atoms with E-state index in [-0.39, 0.29) is 5.91 Å². The lowest BCUT2D eigenvalue weighted by Gasteiger charge is -2.31. The fraction of sp³-hybridized carbons (Fsp3) is 0.280. The Bertz CT molecular complexity index is 1160. The van der Waals surface area contributed by atoms with Gasteiger partial charge in [0.15, 0.2) is 11.2 Å². The first-order valence-electron chi connectivity index (χ1n) is 11.0. The summed E-state index contributed by atoms with van der Waals surface area (Å²) in [6.07, 6.45) is -0.101. The highest BCUT2D eigenvalue weighted by molar-refractivity contribution is 7.14. The standard InChI is InChI=1S/C25H24FN3O4S/c1-16(22(30)28-25-27-21(15-34-25)17-5-3-2-4-6-17)33-24(32)19-11-13-29(14-12-19)23(31)18-7-9-20(26)10-8-18/h2-10,15-16,19H,11-14H2,1H3,(H,27,28,30). The van der Waals surface area contributed by atoms with E-state index in [0.29, 0.717) is 36.6 Å². The fourth-order valence-corrected chi connectivity index (χ4v) is 4.42. The Morgan fingerprint density at radius 1 is 1.09 bits per heavy atom. The van der Waals surface area contributed by atoms with Gasteiger partial charge in [-0.15, -0.1) is 11.3 Å². The van der Waals surface area contributed by atoms with Gasteiger partial charge in [-0.3, -0.25) is 19.7 Å². The van der Waals surface area contributed by atoms with E-state index in [1.807, 2.05) is 35.7 Å². The topological polar surface area (TPSA) is 88.6 Å². The maximum atomic E-state index is 13.1. The summed E-state index contributed by atoms with van der Waals surface area (Å²) in [5.41, 5.74) is 2.11. The smallest absolute Gasteiger partial charge is 0.309 e. The molecule has 0 spiro atoms. The highest BCUT2D eigenvalue weighted by Gasteiger charge is 2.31. The number of halogens is 1. The summed E-state index contributed by atoms with van der Waals surface area (Å²) < 4.78 is 18.5. The Hall–Kier alpha value is -3.59. The highest BCUT2D eigenvalue weighted by Crippen LogP contribution is 2.25. The van der Waals surface area contributed by atoms with E-state index in [1.54, 1.807) is 4.90 Å². The summed E-state index contributed by atoms with van der Waals surface area (Å²) in [5, 5.41) is 4.98. The average Bonchev–Trinajstić information content (AvgIpc) is 3.33. The molecule has 9 heteroatoms. The first kappa shape index (κ1) is 23.6. The van der Waals surface area contributed by atoms with Crippen LogP contribution in [-0.2, 0) is 14.3 Å². The average molecular weight is 482 g/mol. The molecular formula is C25H24FN3O4S. The van der Waals surface area contributed by atoms with Crippen LogP contribution in [0.2, 0.25) is 0 Å². The Balaban J connectivity index is 1.25. The van der Waals surface area contributed by atoms with Gasteiger partial charge in [0.05, 0.1) is 11.6 Å². The number of carbonyl (C=O) groups is 3. The fourth-order valence-electron chi connectivity index (χ4n) is 3.70. The second-order valence-corrected chi connectivity index (χ2v) is 8.90. The van der Waals surface area contributed by atoms with Crippen molar-refractivity contribution >= 4 is 34.3 Å². The molecule has 3 aromatic rings. The number of nitrogens with zero attached hydrogens (tertiary/aromatic N) is 2. The molecule has 34 heavy (non-hydrogen) atoms. The van der Waals surface area contributed by atoms with Crippen molar-refractivity contribution in [2.75, 3.05) is 18.4 Å². The number of rotatable bonds is 6. The second-order valence-electron chi connectivity index (χ2n) is 8.05. The zero-order valence-electron chi connectivity index (χ0n) is 18.6. The molecular weight excluding hydrogens is 457 g/mol. The van der Waals surface area contributed by atoms with Crippen molar-refractivity contribution in [1.82, 2.24) is 9.88 Å². The van der Waals surface area contributed by atoms with E-state index in [1.165, 1.54) is 42.5 Å². The first-order valence-corrected chi connectivity index (χ1v) is 11.9. The third-order valence-electron chi connectivity index (χ3n) is 5.67. The second kappa shape index (κ2) is 10.6. The number of anilines is 1. The molecule has 0 aliphatic carbocycles. The van der Waals surface area contributed by atoms with Gasteiger partial charge in [0.25, 0.3) is 11.8 Å². The molecule has 1 aliphatic rings. The maximum Gasteiger partial charge on any atom is 0.309 e. The minimum Gasteiger partial charge on any atom is -0.452 e. The van der Waals surface area contributed by atoms with Crippen molar-refractivity contribution in [2.45, 2.75) is 25.9 Å². The third-order valence-corrected chi connectivity index (χ3v) is 6.43. The Morgan fingerprint density at radius 2 is 1.76 bits per heavy atom. The molecule has 176 valence electrons. The van der Waals surface area contributed by atoms with Gasteiger partial charge in [0, 0.05) is 29.6 Å². The van der Waals surface area contributed by atoms with Gasteiger partial charge in [-0.1, -0.05) is 30.3 Å². The van der Waals surface area contributed by atoms with E-state index in [4.69, 9.17) is 4.74 Å². The molecule has 1 atom stereocenters. The Kier molecular flexibility index (Phi) is 7.32. The molecule has 2 heterocycles. The minimum absolute atomic E-state index is 0.196. The first-order chi connectivity index (χ1) is 16.4. The highest BCUT2D eigenvalue weighted by atomic mass is 32.1. The van der Waals surface area contributed by atoms with Crippen LogP contribution in [0.25, 0.3) is 11.3 Å². The molecule has 1 fully saturated rings. The SMILES string of the molecule is CC(OC(=O)C1CCN(C(=O)c2ccc(F)cc2)CC1)C(=O)Nc1nc(-c2ccccc2)cs1. The Labute approximate surface area is 200 Å². The number of amides is 2. The number of piperidine rings is 1. The van der Waals surface area contributed by atoms with Gasteiger partial charge >= 0.3 is 5.97 Å². The van der Waals surface area contributed by atoms with Crippen LogP contribution in [0, 0.1) is 11.7 Å². The number of hydrogen-bond donors (Lipinski definition) is 1. The molecule has 2 aromatic carbocycles. The maximum absolute atomic E-state index is 13.1. The van der Waals surface area contributed by atoms with Crippen molar-refractivity contribution in [2.24, 2.45) is 5.92 Å². The zero-order valence-corrected chi connectivity index (χ0v) is 19.4. The molecule has 1 saturated heterocycles. The zero-order chi connectivity index (χ0) is 24.1. The van der Waals surface area contributed by atoms with Crippen molar-refractivity contribution in [1.29, 1.82) is 0 Å². The molecule has 7 nitrogen and oxygen atoms in total. The monoisotopic (exact) mass is 481 g/mol. The summed E-state index contributed by atoms with van der Waals surface area (Å²) in [4.78, 5) is 43.7. The van der Waals surface area contributed by atoms with Crippen LogP contribution in [-0.4, -0.2) is 46.9 Å². The quantitative estimate of drug-likeness (QED) is 0.528. The normalized spacial score (nSPS) is 14.9. The van der Waals surface area contributed by atoms with Crippen molar-refractivity contribution in [3.05, 3.63) is 71.4 Å². The van der Waals surface area contributed by atoms with Gasteiger partial charge in [-0.25, -0.2) is 9.37 Å². The van der Waals surface area contributed by atoms with Crippen LogP contribution >= 0.6 is 11.3 Å². The number of thiazole rings is 1. The van der Waals surface area contributed by atoms with Crippen LogP contribution in [0.1, 0.15) is 30.1 Å². The number of ether oxygens (including phenoxy) is 1. The largest absolute Gasteiger partial charge is 0.452 e. The number of likely N-dealkylation sites (tertiary alicyclic amines) is 1. The van der Waals surface area contributed by atoms with E-state index in [2.05, 4.69) is 10.3 Å². The lowest BCUT2D eigenvalue weighted by molar-refractivity contribution is -0.158. The van der Waals surface area contributed by atoms with Gasteiger partial charge in [0.2, 0.25) is 0 Å². The van der Waals surface area contributed by atoms with Gasteiger partial charge in [-0.05, 0) is 44.0 Å². The predicted octanol–water partition coefficient (Wildman–Crippen LogP) is 4.37. The van der Waals surface area contributed by atoms with Crippen LogP contribution < -0.4 is 5.32 Å². The van der Waals surface area contributed by atoms with Crippen molar-refractivity contribution in [3.8, 4) is 11.3 Å². The van der Waals surface area contributed by atoms with Crippen LogP contribution in [0.5, 0.6) is 0 Å². The number of hydrogen-bond acceptors (Lipinski definition) is 6. The van der Waals surface area contributed by atoms with E-state index in [9.17, 15) is 18.8 Å². The Morgan fingerprint density at radius 3 is 2.44 bits per heavy atom. The molecule has 0 saturated carbocycles. The van der Waals surface area contributed by atoms with Gasteiger partial charge in [0.1, 0.15) is 5.82 Å². The predicted molar refractivity (Wildman–Crippen MR) is 127 cm³/mol. The summed E-state index contributed by atoms with van der Waals surface area (Å²) in [5.74, 6) is -1.90. The molecule has 1 N–H and O–H groups in total. The van der Waals surface area contributed by atoms with Crippen LogP contribution in [0.3, 0.4) is 0 Å². The van der Waals surface area contributed by atoms with E-state index < -0.39 is 29.7 Å². The number of nitrogens with one attached hydrogen (secondary N) is 1. The summed E-state index contributed by atoms with van der Waals surface area (Å²) in [7, 11) is 0. The molecule has 0 bridgehead atoms. The lowest BCUT2D eigenvalue weighted by atomic mass is 9.96. The number of benzene rings is 2. The van der Waals surface area contributed by atoms with E-state index in [0.717, 1.165) is 11.3 Å². The van der Waals surface area contributed by atoms with Gasteiger partial charge < -0.3 is 9.64 Å². The van der Waals surface area contributed by atoms with Crippen LogP contribution in [0.15, 0.2) is 60.0 Å². The van der Waals surface area contributed by atoms with Crippen LogP contribution in [0.4, 0.5) is 9.52 Å². The summed E-state index contributed by atoms with van der Waals surface area (Å²) in [6.45, 7) is 2.29. The third kappa shape index (κ3) is 5.66. The van der Waals surface area contributed by atoms with Gasteiger partial charge in [-0.2, -0.15) is 0 Å². The van der Waals surface area contributed by atoms with Crippen molar-refractivity contribution < 1.29 is 23.5 Å². The molecule has 1 aliphatic heterocycles. The number of esters is 1. The van der Waals surface area contributed by atoms with E-state index >= 15 is 0 Å². The molecule has 0 radical (unpaired) electrons.